The first-order valence-corrected chi connectivity index (χ1v) is 8.28. The van der Waals surface area contributed by atoms with E-state index in [9.17, 15) is 5.11 Å². The van der Waals surface area contributed by atoms with E-state index in [4.69, 9.17) is 9.47 Å². The van der Waals surface area contributed by atoms with Crippen LogP contribution in [0.25, 0.3) is 10.8 Å². The molecule has 3 rings (SSSR count). The molecule has 0 radical (unpaired) electrons. The number of benzene rings is 2. The summed E-state index contributed by atoms with van der Waals surface area (Å²) >= 11 is 0. The van der Waals surface area contributed by atoms with Crippen LogP contribution in [-0.4, -0.2) is 54.6 Å². The lowest BCUT2D eigenvalue weighted by molar-refractivity contribution is -0.0786. The van der Waals surface area contributed by atoms with E-state index in [0.717, 1.165) is 29.6 Å². The molecule has 0 bridgehead atoms. The Hall–Kier alpha value is -1.62. The molecule has 3 atom stereocenters. The molecule has 0 aromatic heterocycles. The van der Waals surface area contributed by atoms with Crippen molar-refractivity contribution in [2.24, 2.45) is 0 Å². The Morgan fingerprint density at radius 3 is 2.61 bits per heavy atom. The molecule has 1 fully saturated rings. The average molecular weight is 315 g/mol. The van der Waals surface area contributed by atoms with Gasteiger partial charge >= 0.3 is 0 Å². The van der Waals surface area contributed by atoms with Gasteiger partial charge in [0.15, 0.2) is 0 Å². The third-order valence-corrected chi connectivity index (χ3v) is 4.15. The summed E-state index contributed by atoms with van der Waals surface area (Å²) in [5.74, 6) is 0.825. The largest absolute Gasteiger partial charge is 0.490 e. The van der Waals surface area contributed by atoms with Gasteiger partial charge in [0.05, 0.1) is 12.2 Å². The second kappa shape index (κ2) is 7.30. The molecule has 124 valence electrons. The monoisotopic (exact) mass is 315 g/mol. The SMILES string of the molecule is C[C@@H]1CN(C[C@H](O)COc2cccc3ccccc23)C[C@H](C)O1. The molecule has 0 amide bonds. The Bertz CT molecular complexity index is 630. The number of β-amino-alcohol motifs (C(OH)–C–C–N with tert-alkyl or cyclic N) is 1. The van der Waals surface area contributed by atoms with Gasteiger partial charge in [0.25, 0.3) is 0 Å². The van der Waals surface area contributed by atoms with Gasteiger partial charge in [-0.2, -0.15) is 0 Å². The van der Waals surface area contributed by atoms with Crippen LogP contribution in [0.1, 0.15) is 13.8 Å². The van der Waals surface area contributed by atoms with Crippen LogP contribution in [-0.2, 0) is 4.74 Å². The zero-order valence-corrected chi connectivity index (χ0v) is 13.8. The fraction of sp³-hybridized carbons (Fsp3) is 0.474. The number of fused-ring (bicyclic) bond motifs is 1. The molecule has 0 unspecified atom stereocenters. The van der Waals surface area contributed by atoms with Crippen molar-refractivity contribution in [1.82, 2.24) is 4.90 Å². The van der Waals surface area contributed by atoms with E-state index in [1.54, 1.807) is 0 Å². The number of nitrogens with zero attached hydrogens (tertiary/aromatic N) is 1. The van der Waals surface area contributed by atoms with E-state index in [1.807, 2.05) is 30.3 Å². The van der Waals surface area contributed by atoms with Crippen LogP contribution < -0.4 is 4.74 Å². The van der Waals surface area contributed by atoms with Crippen LogP contribution in [0, 0.1) is 0 Å². The Balaban J connectivity index is 1.57. The molecule has 0 aliphatic carbocycles. The zero-order valence-electron chi connectivity index (χ0n) is 13.8. The maximum atomic E-state index is 10.3. The summed E-state index contributed by atoms with van der Waals surface area (Å²) in [5.41, 5.74) is 0. The number of aliphatic hydroxyl groups is 1. The predicted octanol–water partition coefficient (Wildman–Crippen LogP) is 2.69. The summed E-state index contributed by atoms with van der Waals surface area (Å²) in [6.45, 7) is 6.77. The van der Waals surface area contributed by atoms with Crippen molar-refractivity contribution in [2.75, 3.05) is 26.2 Å². The van der Waals surface area contributed by atoms with Gasteiger partial charge in [-0.15, -0.1) is 0 Å². The molecule has 0 saturated carbocycles. The first-order valence-electron chi connectivity index (χ1n) is 8.28. The topological polar surface area (TPSA) is 41.9 Å². The number of ether oxygens (including phenoxy) is 2. The standard InChI is InChI=1S/C19H25NO3/c1-14-10-20(11-15(2)23-14)12-17(21)13-22-19-9-5-7-16-6-3-4-8-18(16)19/h3-9,14-15,17,21H,10-13H2,1-2H3/t14-,15+,17-/m0/s1. The minimum absolute atomic E-state index is 0.213. The van der Waals surface area contributed by atoms with E-state index < -0.39 is 6.10 Å². The van der Waals surface area contributed by atoms with E-state index >= 15 is 0 Å². The zero-order chi connectivity index (χ0) is 16.2. The summed E-state index contributed by atoms with van der Waals surface area (Å²) in [5, 5.41) is 12.5. The molecule has 2 aromatic rings. The molecule has 4 nitrogen and oxygen atoms in total. The van der Waals surface area contributed by atoms with Crippen molar-refractivity contribution in [1.29, 1.82) is 0 Å². The lowest BCUT2D eigenvalue weighted by Gasteiger charge is -2.36. The molecule has 1 saturated heterocycles. The lowest BCUT2D eigenvalue weighted by Crippen LogP contribution is -2.48. The maximum absolute atomic E-state index is 10.3. The number of rotatable bonds is 5. The highest BCUT2D eigenvalue weighted by Crippen LogP contribution is 2.25. The molecular formula is C19H25NO3. The fourth-order valence-electron chi connectivity index (χ4n) is 3.29. The van der Waals surface area contributed by atoms with Crippen LogP contribution in [0.15, 0.2) is 42.5 Å². The maximum Gasteiger partial charge on any atom is 0.127 e. The third-order valence-electron chi connectivity index (χ3n) is 4.15. The molecule has 0 spiro atoms. The summed E-state index contributed by atoms with van der Waals surface area (Å²) in [6.07, 6.45) is -0.0821. The van der Waals surface area contributed by atoms with Crippen molar-refractivity contribution in [3.63, 3.8) is 0 Å². The van der Waals surface area contributed by atoms with Crippen molar-refractivity contribution < 1.29 is 14.6 Å². The van der Waals surface area contributed by atoms with E-state index in [2.05, 4.69) is 30.9 Å². The molecule has 1 aliphatic rings. The summed E-state index contributed by atoms with van der Waals surface area (Å²) < 4.78 is 11.6. The smallest absolute Gasteiger partial charge is 0.127 e. The quantitative estimate of drug-likeness (QED) is 0.921. The molecule has 4 heteroatoms. The minimum atomic E-state index is -0.508. The number of aliphatic hydroxyl groups excluding tert-OH is 1. The second-order valence-electron chi connectivity index (χ2n) is 6.42. The Morgan fingerprint density at radius 2 is 1.83 bits per heavy atom. The summed E-state index contributed by atoms with van der Waals surface area (Å²) in [6, 6.07) is 14.1. The fourth-order valence-corrected chi connectivity index (χ4v) is 3.29. The average Bonchev–Trinajstić information content (AvgIpc) is 2.52. The molecule has 1 N–H and O–H groups in total. The highest BCUT2D eigenvalue weighted by Gasteiger charge is 2.24. The summed E-state index contributed by atoms with van der Waals surface area (Å²) in [7, 11) is 0. The molecule has 1 heterocycles. The van der Waals surface area contributed by atoms with Gasteiger partial charge in [-0.05, 0) is 25.3 Å². The first kappa shape index (κ1) is 16.2. The Morgan fingerprint density at radius 1 is 1.13 bits per heavy atom. The van der Waals surface area contributed by atoms with Crippen LogP contribution in [0.4, 0.5) is 0 Å². The molecule has 2 aromatic carbocycles. The van der Waals surface area contributed by atoms with Gasteiger partial charge < -0.3 is 14.6 Å². The van der Waals surface area contributed by atoms with Gasteiger partial charge in [0.2, 0.25) is 0 Å². The highest BCUT2D eigenvalue weighted by molar-refractivity contribution is 5.88. The van der Waals surface area contributed by atoms with Gasteiger partial charge in [-0.3, -0.25) is 4.90 Å². The number of hydrogen-bond donors (Lipinski definition) is 1. The van der Waals surface area contributed by atoms with Gasteiger partial charge in [0, 0.05) is 25.0 Å². The van der Waals surface area contributed by atoms with Crippen molar-refractivity contribution in [3.8, 4) is 5.75 Å². The number of morpholine rings is 1. The molecule has 23 heavy (non-hydrogen) atoms. The minimum Gasteiger partial charge on any atom is -0.490 e. The first-order chi connectivity index (χ1) is 11.1. The van der Waals surface area contributed by atoms with E-state index in [0.29, 0.717) is 13.2 Å². The van der Waals surface area contributed by atoms with Crippen molar-refractivity contribution in [2.45, 2.75) is 32.2 Å². The molecule has 1 aliphatic heterocycles. The van der Waals surface area contributed by atoms with Crippen molar-refractivity contribution >= 4 is 10.8 Å². The van der Waals surface area contributed by atoms with Gasteiger partial charge in [-0.1, -0.05) is 36.4 Å². The van der Waals surface area contributed by atoms with Crippen LogP contribution >= 0.6 is 0 Å². The second-order valence-corrected chi connectivity index (χ2v) is 6.42. The normalized spacial score (nSPS) is 23.8. The van der Waals surface area contributed by atoms with E-state index in [-0.39, 0.29) is 12.2 Å². The van der Waals surface area contributed by atoms with E-state index in [1.165, 1.54) is 0 Å². The predicted molar refractivity (Wildman–Crippen MR) is 91.9 cm³/mol. The Labute approximate surface area is 137 Å². The van der Waals surface area contributed by atoms with Gasteiger partial charge in [0.1, 0.15) is 18.5 Å². The van der Waals surface area contributed by atoms with Crippen LogP contribution in [0.5, 0.6) is 5.75 Å². The summed E-state index contributed by atoms with van der Waals surface area (Å²) in [4.78, 5) is 2.25. The lowest BCUT2D eigenvalue weighted by atomic mass is 10.1. The molecular weight excluding hydrogens is 290 g/mol. The van der Waals surface area contributed by atoms with Crippen molar-refractivity contribution in [3.05, 3.63) is 42.5 Å². The van der Waals surface area contributed by atoms with Crippen LogP contribution in [0.2, 0.25) is 0 Å². The number of hydrogen-bond acceptors (Lipinski definition) is 4. The third kappa shape index (κ3) is 4.22. The Kier molecular flexibility index (Phi) is 5.16. The highest BCUT2D eigenvalue weighted by atomic mass is 16.5. The van der Waals surface area contributed by atoms with Crippen LogP contribution in [0.3, 0.4) is 0 Å². The van der Waals surface area contributed by atoms with Gasteiger partial charge in [-0.25, -0.2) is 0 Å².